The zero-order valence-corrected chi connectivity index (χ0v) is 28.7. The predicted octanol–water partition coefficient (Wildman–Crippen LogP) is 10.2. The Morgan fingerprint density at radius 1 is 0.558 bits per heavy atom. The first-order valence-electron chi connectivity index (χ1n) is 15.2. The third kappa shape index (κ3) is 6.69. The molecule has 1 aliphatic rings. The van der Waals surface area contributed by atoms with Gasteiger partial charge in [-0.2, -0.15) is 0 Å². The van der Waals surface area contributed by atoms with Gasteiger partial charge in [0.2, 0.25) is 11.4 Å². The fraction of sp³-hybridized carbons (Fsp3) is 0.316. The molecule has 0 spiro atoms. The number of aromatic nitrogens is 2. The van der Waals surface area contributed by atoms with Crippen LogP contribution in [0.15, 0.2) is 91.4 Å². The molecule has 0 bridgehead atoms. The van der Waals surface area contributed by atoms with Crippen LogP contribution in [0.25, 0.3) is 21.9 Å². The van der Waals surface area contributed by atoms with Crippen LogP contribution in [0, 0.1) is 0 Å². The summed E-state index contributed by atoms with van der Waals surface area (Å²) in [6, 6.07) is 29.0. The Balaban J connectivity index is 0.000000250. The molecule has 0 saturated heterocycles. The van der Waals surface area contributed by atoms with Crippen LogP contribution in [0.4, 0.5) is 11.4 Å². The third-order valence-corrected chi connectivity index (χ3v) is 7.93. The molecule has 43 heavy (non-hydrogen) atoms. The monoisotopic (exact) mass is 752 g/mol. The first-order valence-corrected chi connectivity index (χ1v) is 15.2. The van der Waals surface area contributed by atoms with E-state index in [1.807, 2.05) is 30.3 Å². The summed E-state index contributed by atoms with van der Waals surface area (Å²) in [5, 5.41) is 1.14. The molecule has 0 radical (unpaired) electrons. The summed E-state index contributed by atoms with van der Waals surface area (Å²) < 4.78 is 4.40. The van der Waals surface area contributed by atoms with Crippen molar-refractivity contribution in [2.24, 2.45) is 0 Å². The maximum atomic E-state index is 4.45. The van der Waals surface area contributed by atoms with Gasteiger partial charge in [0.1, 0.15) is 0 Å². The second-order valence-electron chi connectivity index (χ2n) is 12.3. The standard InChI is InChI=1S/C27H36N2.C11H7N2.Au/c1-18(2)22-11-9-12-23(19(3)4)26(22)28-15-16-29(17-28)27-24(20(5)6)13-10-14-25(27)21(7)8;1-2-5-9-8(4-1)11-10(13-9)6-3-7-12-11;/h9-16,18-21H,1-8H3;1-7H;/q+2;-1;+1. The SMILES string of the molecule is CC(C)c1cccc(C(C)C)c1[N+]1=C=[N+](c2c(C(C)C)cccc2C(C)C)C=C1.[Au+].c1ccc2c(c1)[n-]c1cccnc12. The summed E-state index contributed by atoms with van der Waals surface area (Å²) >= 11 is 0. The van der Waals surface area contributed by atoms with E-state index in [-0.39, 0.29) is 22.4 Å². The predicted molar refractivity (Wildman–Crippen MR) is 176 cm³/mol. The Bertz CT molecular complexity index is 1650. The Morgan fingerprint density at radius 2 is 1.00 bits per heavy atom. The van der Waals surface area contributed by atoms with Gasteiger partial charge in [-0.15, -0.1) is 11.0 Å². The molecular formula is C38H43AuN4+2. The molecule has 0 unspecified atom stereocenters. The number of para-hydroxylation sites is 3. The summed E-state index contributed by atoms with van der Waals surface area (Å²) in [5.74, 6) is 1.84. The quantitative estimate of drug-likeness (QED) is 0.128. The van der Waals surface area contributed by atoms with Crippen molar-refractivity contribution in [2.75, 3.05) is 0 Å². The summed E-state index contributed by atoms with van der Waals surface area (Å²) in [5.41, 5.74) is 11.0. The Morgan fingerprint density at radius 3 is 1.47 bits per heavy atom. The van der Waals surface area contributed by atoms with E-state index in [2.05, 4.69) is 135 Å². The van der Waals surface area contributed by atoms with Crippen molar-refractivity contribution in [1.82, 2.24) is 9.97 Å². The maximum Gasteiger partial charge on any atom is 1.00 e. The number of pyridine rings is 1. The van der Waals surface area contributed by atoms with Crippen molar-refractivity contribution in [2.45, 2.75) is 79.1 Å². The van der Waals surface area contributed by atoms with Crippen LogP contribution in [0.5, 0.6) is 0 Å². The molecule has 0 saturated carbocycles. The fourth-order valence-electron chi connectivity index (χ4n) is 5.74. The zero-order valence-electron chi connectivity index (χ0n) is 26.6. The molecule has 0 aliphatic carbocycles. The van der Waals surface area contributed by atoms with Gasteiger partial charge in [0.05, 0.1) is 5.52 Å². The largest absolute Gasteiger partial charge is 1.00 e. The molecule has 224 valence electrons. The van der Waals surface area contributed by atoms with E-state index in [0.717, 1.165) is 21.9 Å². The normalized spacial score (nSPS) is 12.7. The smallest absolute Gasteiger partial charge is 0.656 e. The van der Waals surface area contributed by atoms with E-state index in [9.17, 15) is 0 Å². The first kappa shape index (κ1) is 32.4. The fourth-order valence-corrected chi connectivity index (χ4v) is 5.74. The number of hydrogen-bond acceptors (Lipinski definition) is 1. The van der Waals surface area contributed by atoms with Crippen molar-refractivity contribution in [3.8, 4) is 0 Å². The van der Waals surface area contributed by atoms with Gasteiger partial charge >= 0.3 is 28.4 Å². The second-order valence-corrected chi connectivity index (χ2v) is 12.3. The number of nitrogens with zero attached hydrogens (tertiary/aromatic N) is 4. The molecule has 5 heteroatoms. The number of benzene rings is 3. The Kier molecular flexibility index (Phi) is 10.4. The van der Waals surface area contributed by atoms with Crippen LogP contribution < -0.4 is 4.98 Å². The van der Waals surface area contributed by atoms with Crippen molar-refractivity contribution in [3.63, 3.8) is 0 Å². The summed E-state index contributed by atoms with van der Waals surface area (Å²) in [4.78, 5) is 8.76. The van der Waals surface area contributed by atoms with Crippen molar-refractivity contribution in [3.05, 3.63) is 114 Å². The van der Waals surface area contributed by atoms with Gasteiger partial charge in [0.25, 0.3) is 12.4 Å². The number of hydrogen-bond donors (Lipinski definition) is 0. The van der Waals surface area contributed by atoms with Gasteiger partial charge in [0, 0.05) is 28.5 Å². The number of fused-ring (bicyclic) bond motifs is 3. The molecule has 0 fully saturated rings. The number of rotatable bonds is 6. The van der Waals surface area contributed by atoms with Crippen LogP contribution in [0.3, 0.4) is 0 Å². The average Bonchev–Trinajstić information content (AvgIpc) is 3.61. The first-order chi connectivity index (χ1) is 20.2. The molecule has 4 nitrogen and oxygen atoms in total. The molecule has 0 N–H and O–H groups in total. The summed E-state index contributed by atoms with van der Waals surface area (Å²) in [7, 11) is 0. The molecule has 6 rings (SSSR count). The third-order valence-electron chi connectivity index (χ3n) is 7.93. The summed E-state index contributed by atoms with van der Waals surface area (Å²) in [6.07, 6.45) is 6.12. The van der Waals surface area contributed by atoms with Gasteiger partial charge in [-0.05, 0) is 35.1 Å². The van der Waals surface area contributed by atoms with E-state index >= 15 is 0 Å². The minimum Gasteiger partial charge on any atom is -0.656 e. The minimum absolute atomic E-state index is 0. The Labute approximate surface area is 272 Å². The molecule has 3 aromatic carbocycles. The second kappa shape index (κ2) is 13.8. The van der Waals surface area contributed by atoms with Crippen LogP contribution in [-0.2, 0) is 22.4 Å². The van der Waals surface area contributed by atoms with E-state index in [0.29, 0.717) is 23.7 Å². The topological polar surface area (TPSA) is 33.0 Å². The minimum atomic E-state index is 0. The van der Waals surface area contributed by atoms with E-state index in [1.54, 1.807) is 6.20 Å². The van der Waals surface area contributed by atoms with Crippen LogP contribution in [-0.4, -0.2) is 20.1 Å². The molecule has 2 aromatic heterocycles. The van der Waals surface area contributed by atoms with Crippen LogP contribution in [0.2, 0.25) is 0 Å². The van der Waals surface area contributed by atoms with Crippen molar-refractivity contribution >= 4 is 39.3 Å². The van der Waals surface area contributed by atoms with Gasteiger partial charge in [0.15, 0.2) is 0 Å². The Hall–Kier alpha value is -3.53. The van der Waals surface area contributed by atoms with E-state index < -0.39 is 0 Å². The maximum absolute atomic E-state index is 4.45. The van der Waals surface area contributed by atoms with E-state index in [4.69, 9.17) is 0 Å². The average molecular weight is 753 g/mol. The zero-order chi connectivity index (χ0) is 30.0. The molecular weight excluding hydrogens is 709 g/mol. The summed E-state index contributed by atoms with van der Waals surface area (Å²) in [6.45, 7) is 18.2. The van der Waals surface area contributed by atoms with Gasteiger partial charge in [-0.3, -0.25) is 4.98 Å². The molecule has 1 aliphatic heterocycles. The molecule has 0 amide bonds. The van der Waals surface area contributed by atoms with Gasteiger partial charge in [-0.25, -0.2) is 0 Å². The van der Waals surface area contributed by atoms with Gasteiger partial charge < -0.3 is 4.98 Å². The van der Waals surface area contributed by atoms with Crippen molar-refractivity contribution < 1.29 is 31.5 Å². The van der Waals surface area contributed by atoms with Crippen molar-refractivity contribution in [1.29, 1.82) is 0 Å². The van der Waals surface area contributed by atoms with E-state index in [1.165, 1.54) is 33.6 Å². The molecule has 0 atom stereocenters. The van der Waals surface area contributed by atoms with Gasteiger partial charge in [-0.1, -0.05) is 131 Å². The van der Waals surface area contributed by atoms with Crippen LogP contribution >= 0.6 is 0 Å². The van der Waals surface area contributed by atoms with Crippen LogP contribution in [0.1, 0.15) is 101 Å². The molecule has 3 heterocycles. The molecule has 5 aromatic rings.